The second-order valence-corrected chi connectivity index (χ2v) is 3.78. The molecule has 15 heavy (non-hydrogen) atoms. The van der Waals surface area contributed by atoms with Crippen molar-refractivity contribution >= 4 is 11.7 Å². The Hall–Kier alpha value is -1.64. The van der Waals surface area contributed by atoms with Crippen LogP contribution >= 0.6 is 0 Å². The van der Waals surface area contributed by atoms with Crippen LogP contribution in [0.15, 0.2) is 29.3 Å². The maximum absolute atomic E-state index is 10.8. The number of carbonyl (C=O) groups is 1. The molecule has 78 valence electrons. The minimum Gasteiger partial charge on any atom is -0.480 e. The van der Waals surface area contributed by atoms with E-state index in [0.717, 1.165) is 23.3 Å². The summed E-state index contributed by atoms with van der Waals surface area (Å²) < 4.78 is 0. The summed E-state index contributed by atoms with van der Waals surface area (Å²) in [5.74, 6) is -0.821. The Balaban J connectivity index is 2.30. The number of benzene rings is 1. The molecule has 0 saturated carbocycles. The van der Waals surface area contributed by atoms with Gasteiger partial charge in [-0.1, -0.05) is 24.3 Å². The van der Waals surface area contributed by atoms with Crippen LogP contribution in [-0.2, 0) is 4.79 Å². The molecule has 3 heteroatoms. The van der Waals surface area contributed by atoms with Crippen LogP contribution in [0.1, 0.15) is 24.0 Å². The van der Waals surface area contributed by atoms with E-state index in [9.17, 15) is 4.79 Å². The smallest absolute Gasteiger partial charge is 0.328 e. The Labute approximate surface area is 88.5 Å². The highest BCUT2D eigenvalue weighted by molar-refractivity contribution is 6.04. The predicted octanol–water partition coefficient (Wildman–Crippen LogP) is 2.03. The van der Waals surface area contributed by atoms with Crippen molar-refractivity contribution < 1.29 is 9.90 Å². The Morgan fingerprint density at radius 1 is 1.47 bits per heavy atom. The quantitative estimate of drug-likeness (QED) is 0.799. The SMILES string of the molecule is Cc1ccccc1C1=N[C@@H](C(=O)O)CC1. The number of nitrogens with zero attached hydrogens (tertiary/aromatic N) is 1. The fourth-order valence-corrected chi connectivity index (χ4v) is 1.87. The number of aliphatic carboxylic acids is 1. The number of hydrogen-bond donors (Lipinski definition) is 1. The lowest BCUT2D eigenvalue weighted by molar-refractivity contribution is -0.138. The summed E-state index contributed by atoms with van der Waals surface area (Å²) in [4.78, 5) is 15.0. The van der Waals surface area contributed by atoms with Crippen LogP contribution in [0.2, 0.25) is 0 Å². The Morgan fingerprint density at radius 2 is 2.20 bits per heavy atom. The Kier molecular flexibility index (Phi) is 2.54. The molecule has 1 aliphatic rings. The summed E-state index contributed by atoms with van der Waals surface area (Å²) in [6, 6.07) is 7.41. The van der Waals surface area contributed by atoms with Crippen LogP contribution in [0.3, 0.4) is 0 Å². The van der Waals surface area contributed by atoms with Gasteiger partial charge in [-0.05, 0) is 30.9 Å². The lowest BCUT2D eigenvalue weighted by atomic mass is 10.0. The van der Waals surface area contributed by atoms with Crippen LogP contribution in [0.4, 0.5) is 0 Å². The largest absolute Gasteiger partial charge is 0.480 e. The topological polar surface area (TPSA) is 49.7 Å². The lowest BCUT2D eigenvalue weighted by Crippen LogP contribution is -2.13. The molecule has 3 nitrogen and oxygen atoms in total. The second kappa shape index (κ2) is 3.85. The second-order valence-electron chi connectivity index (χ2n) is 3.78. The van der Waals surface area contributed by atoms with Gasteiger partial charge in [-0.2, -0.15) is 0 Å². The van der Waals surface area contributed by atoms with E-state index in [1.165, 1.54) is 0 Å². The third kappa shape index (κ3) is 1.91. The van der Waals surface area contributed by atoms with Gasteiger partial charge in [-0.15, -0.1) is 0 Å². The van der Waals surface area contributed by atoms with Gasteiger partial charge in [0.05, 0.1) is 0 Å². The Morgan fingerprint density at radius 3 is 2.80 bits per heavy atom. The van der Waals surface area contributed by atoms with Crippen LogP contribution in [-0.4, -0.2) is 22.8 Å². The first-order chi connectivity index (χ1) is 7.18. The summed E-state index contributed by atoms with van der Waals surface area (Å²) in [7, 11) is 0. The fraction of sp³-hybridized carbons (Fsp3) is 0.333. The maximum atomic E-state index is 10.8. The van der Waals surface area contributed by atoms with Crippen molar-refractivity contribution in [1.82, 2.24) is 0 Å². The van der Waals surface area contributed by atoms with E-state index in [1.54, 1.807) is 0 Å². The van der Waals surface area contributed by atoms with Gasteiger partial charge in [0, 0.05) is 5.71 Å². The van der Waals surface area contributed by atoms with Crippen LogP contribution in [0.5, 0.6) is 0 Å². The van der Waals surface area contributed by atoms with Crippen LogP contribution in [0.25, 0.3) is 0 Å². The first-order valence-corrected chi connectivity index (χ1v) is 5.04. The van der Waals surface area contributed by atoms with Gasteiger partial charge in [0.1, 0.15) is 6.04 Å². The monoisotopic (exact) mass is 203 g/mol. The minimum absolute atomic E-state index is 0.542. The van der Waals surface area contributed by atoms with E-state index < -0.39 is 12.0 Å². The van der Waals surface area contributed by atoms with E-state index in [4.69, 9.17) is 5.11 Å². The predicted molar refractivity (Wildman–Crippen MR) is 58.4 cm³/mol. The third-order valence-electron chi connectivity index (χ3n) is 2.71. The highest BCUT2D eigenvalue weighted by Gasteiger charge is 2.24. The van der Waals surface area contributed by atoms with Gasteiger partial charge in [0.25, 0.3) is 0 Å². The fourth-order valence-electron chi connectivity index (χ4n) is 1.87. The maximum Gasteiger partial charge on any atom is 0.328 e. The van der Waals surface area contributed by atoms with Crippen LogP contribution in [0, 0.1) is 6.92 Å². The molecule has 0 radical (unpaired) electrons. The van der Waals surface area contributed by atoms with E-state index in [1.807, 2.05) is 31.2 Å². The Bertz CT molecular complexity index is 423. The van der Waals surface area contributed by atoms with Gasteiger partial charge in [-0.3, -0.25) is 4.99 Å². The van der Waals surface area contributed by atoms with Crippen LogP contribution < -0.4 is 0 Å². The van der Waals surface area contributed by atoms with Gasteiger partial charge >= 0.3 is 5.97 Å². The van der Waals surface area contributed by atoms with E-state index in [2.05, 4.69) is 4.99 Å². The van der Waals surface area contributed by atoms with Crippen molar-refractivity contribution in [1.29, 1.82) is 0 Å². The summed E-state index contributed by atoms with van der Waals surface area (Å²) >= 11 is 0. The normalized spacial score (nSPS) is 20.1. The van der Waals surface area contributed by atoms with Crippen molar-refractivity contribution in [3.8, 4) is 0 Å². The minimum atomic E-state index is -0.821. The lowest BCUT2D eigenvalue weighted by Gasteiger charge is -2.03. The molecule has 0 spiro atoms. The van der Waals surface area contributed by atoms with Gasteiger partial charge in [0.2, 0.25) is 0 Å². The average molecular weight is 203 g/mol. The number of rotatable bonds is 2. The molecular weight excluding hydrogens is 190 g/mol. The van der Waals surface area contributed by atoms with E-state index >= 15 is 0 Å². The average Bonchev–Trinajstić information content (AvgIpc) is 2.67. The van der Waals surface area contributed by atoms with Crippen molar-refractivity contribution in [2.75, 3.05) is 0 Å². The zero-order chi connectivity index (χ0) is 10.8. The zero-order valence-corrected chi connectivity index (χ0v) is 8.60. The molecular formula is C12H13NO2. The summed E-state index contributed by atoms with van der Waals surface area (Å²) in [5.41, 5.74) is 3.17. The molecule has 2 rings (SSSR count). The standard InChI is InChI=1S/C12H13NO2/c1-8-4-2-3-5-9(8)10-6-7-11(13-10)12(14)15/h2-5,11H,6-7H2,1H3,(H,14,15)/t11-/m1/s1. The number of aliphatic imine (C=N–C) groups is 1. The molecule has 1 heterocycles. The number of aryl methyl sites for hydroxylation is 1. The highest BCUT2D eigenvalue weighted by atomic mass is 16.4. The third-order valence-corrected chi connectivity index (χ3v) is 2.71. The van der Waals surface area contributed by atoms with Gasteiger partial charge in [-0.25, -0.2) is 4.79 Å². The summed E-state index contributed by atoms with van der Waals surface area (Å²) in [6.45, 7) is 2.02. The molecule has 0 aliphatic carbocycles. The number of carboxylic acid groups (broad SMARTS) is 1. The molecule has 0 aromatic heterocycles. The number of carboxylic acids is 1. The molecule has 1 N–H and O–H groups in total. The van der Waals surface area contributed by atoms with E-state index in [0.29, 0.717) is 6.42 Å². The molecule has 1 aromatic carbocycles. The van der Waals surface area contributed by atoms with Gasteiger partial charge in [0.15, 0.2) is 0 Å². The first kappa shape index (κ1) is 9.90. The molecule has 0 saturated heterocycles. The number of hydrogen-bond acceptors (Lipinski definition) is 2. The molecule has 1 aliphatic heterocycles. The molecule has 0 fully saturated rings. The molecule has 0 amide bonds. The first-order valence-electron chi connectivity index (χ1n) is 5.04. The molecule has 1 aromatic rings. The molecule has 0 bridgehead atoms. The van der Waals surface area contributed by atoms with E-state index in [-0.39, 0.29) is 0 Å². The summed E-state index contributed by atoms with van der Waals surface area (Å²) in [5, 5.41) is 8.84. The summed E-state index contributed by atoms with van der Waals surface area (Å²) in [6.07, 6.45) is 1.39. The molecule has 1 atom stereocenters. The zero-order valence-electron chi connectivity index (χ0n) is 8.60. The van der Waals surface area contributed by atoms with Gasteiger partial charge < -0.3 is 5.11 Å². The van der Waals surface area contributed by atoms with Crippen molar-refractivity contribution in [2.24, 2.45) is 4.99 Å². The molecule has 0 unspecified atom stereocenters. The van der Waals surface area contributed by atoms with Crippen molar-refractivity contribution in [3.63, 3.8) is 0 Å². The van der Waals surface area contributed by atoms with Crippen molar-refractivity contribution in [3.05, 3.63) is 35.4 Å². The highest BCUT2D eigenvalue weighted by Crippen LogP contribution is 2.20. The van der Waals surface area contributed by atoms with Crippen molar-refractivity contribution in [2.45, 2.75) is 25.8 Å².